The van der Waals surface area contributed by atoms with Crippen molar-refractivity contribution in [1.29, 1.82) is 0 Å². The number of esters is 1. The molecule has 0 aliphatic rings. The normalized spacial score (nSPS) is 10.8. The number of hydrogen-bond donors (Lipinski definition) is 0. The highest BCUT2D eigenvalue weighted by Crippen LogP contribution is 2.16. The Bertz CT molecular complexity index is 949. The van der Waals surface area contributed by atoms with E-state index >= 15 is 0 Å². The summed E-state index contributed by atoms with van der Waals surface area (Å²) >= 11 is 3.36. The van der Waals surface area contributed by atoms with Crippen molar-refractivity contribution < 1.29 is 9.53 Å². The maximum absolute atomic E-state index is 12.5. The van der Waals surface area contributed by atoms with Crippen LogP contribution in [-0.4, -0.2) is 15.7 Å². The molecule has 0 N–H and O–H groups in total. The molecule has 6 heteroatoms. The van der Waals surface area contributed by atoms with E-state index in [4.69, 9.17) is 4.74 Å². The lowest BCUT2D eigenvalue weighted by Crippen LogP contribution is -2.25. The predicted octanol–water partition coefficient (Wildman–Crippen LogP) is 3.54. The number of aryl methyl sites for hydroxylation is 1. The number of ether oxygens (including phenoxy) is 1. The van der Waals surface area contributed by atoms with Gasteiger partial charge in [0.2, 0.25) is 0 Å². The van der Waals surface area contributed by atoms with Crippen LogP contribution >= 0.6 is 15.9 Å². The molecular formula is C18H15BrN2O3. The highest BCUT2D eigenvalue weighted by Gasteiger charge is 2.17. The van der Waals surface area contributed by atoms with E-state index < -0.39 is 5.97 Å². The standard InChI is InChI=1S/C18H15BrN2O3/c1-2-21-17(22)15-6-4-3-5-14(15)16(20-21)18(23)24-11-12-7-9-13(19)10-8-12/h3-10H,2,11H2,1H3. The van der Waals surface area contributed by atoms with Crippen LogP contribution in [0.1, 0.15) is 23.0 Å². The van der Waals surface area contributed by atoms with E-state index in [1.165, 1.54) is 4.68 Å². The zero-order chi connectivity index (χ0) is 17.1. The lowest BCUT2D eigenvalue weighted by Gasteiger charge is -2.09. The summed E-state index contributed by atoms with van der Waals surface area (Å²) in [5.41, 5.74) is 0.821. The van der Waals surface area contributed by atoms with Gasteiger partial charge >= 0.3 is 5.97 Å². The molecule has 0 amide bonds. The Balaban J connectivity index is 1.93. The van der Waals surface area contributed by atoms with E-state index in [1.807, 2.05) is 24.3 Å². The molecule has 24 heavy (non-hydrogen) atoms. The SMILES string of the molecule is CCn1nc(C(=O)OCc2ccc(Br)cc2)c2ccccc2c1=O. The molecule has 0 radical (unpaired) electrons. The second-order valence-electron chi connectivity index (χ2n) is 5.22. The molecule has 2 aromatic carbocycles. The first-order chi connectivity index (χ1) is 11.6. The fourth-order valence-electron chi connectivity index (χ4n) is 2.40. The lowest BCUT2D eigenvalue weighted by atomic mass is 10.1. The van der Waals surface area contributed by atoms with Gasteiger partial charge in [-0.1, -0.05) is 46.3 Å². The van der Waals surface area contributed by atoms with E-state index in [9.17, 15) is 9.59 Å². The van der Waals surface area contributed by atoms with Gasteiger partial charge < -0.3 is 4.74 Å². The van der Waals surface area contributed by atoms with Crippen molar-refractivity contribution in [3.05, 3.63) is 74.6 Å². The third kappa shape index (κ3) is 3.23. The molecule has 5 nitrogen and oxygen atoms in total. The molecule has 0 bridgehead atoms. The molecule has 3 aromatic rings. The molecule has 0 unspecified atom stereocenters. The molecule has 1 heterocycles. The molecule has 0 saturated carbocycles. The molecule has 0 aliphatic heterocycles. The van der Waals surface area contributed by atoms with Gasteiger partial charge in [0.15, 0.2) is 5.69 Å². The smallest absolute Gasteiger partial charge is 0.359 e. The molecule has 0 spiro atoms. The first-order valence-corrected chi connectivity index (χ1v) is 8.31. The quantitative estimate of drug-likeness (QED) is 0.643. The number of aromatic nitrogens is 2. The van der Waals surface area contributed by atoms with Gasteiger partial charge in [-0.15, -0.1) is 0 Å². The molecule has 0 aliphatic carbocycles. The zero-order valence-electron chi connectivity index (χ0n) is 13.0. The molecule has 0 fully saturated rings. The van der Waals surface area contributed by atoms with Crippen LogP contribution in [0.3, 0.4) is 0 Å². The van der Waals surface area contributed by atoms with Crippen LogP contribution in [0.15, 0.2) is 57.8 Å². The average Bonchev–Trinajstić information content (AvgIpc) is 2.61. The van der Waals surface area contributed by atoms with Gasteiger partial charge in [-0.05, 0) is 30.7 Å². The Morgan fingerprint density at radius 2 is 1.79 bits per heavy atom. The minimum Gasteiger partial charge on any atom is -0.456 e. The summed E-state index contributed by atoms with van der Waals surface area (Å²) in [6.07, 6.45) is 0. The summed E-state index contributed by atoms with van der Waals surface area (Å²) in [7, 11) is 0. The summed E-state index contributed by atoms with van der Waals surface area (Å²) in [6, 6.07) is 14.4. The third-order valence-electron chi connectivity index (χ3n) is 3.64. The number of halogens is 1. The van der Waals surface area contributed by atoms with E-state index in [1.54, 1.807) is 31.2 Å². The molecule has 122 valence electrons. The van der Waals surface area contributed by atoms with Gasteiger partial charge in [0.05, 0.1) is 5.39 Å². The topological polar surface area (TPSA) is 61.2 Å². The van der Waals surface area contributed by atoms with Gasteiger partial charge in [-0.3, -0.25) is 4.79 Å². The average molecular weight is 387 g/mol. The van der Waals surface area contributed by atoms with Crippen LogP contribution in [0.25, 0.3) is 10.8 Å². The van der Waals surface area contributed by atoms with Gasteiger partial charge in [0.25, 0.3) is 5.56 Å². The second-order valence-corrected chi connectivity index (χ2v) is 6.13. The number of carbonyl (C=O) groups is 1. The second kappa shape index (κ2) is 6.97. The van der Waals surface area contributed by atoms with E-state index in [0.29, 0.717) is 17.3 Å². The fourth-order valence-corrected chi connectivity index (χ4v) is 2.66. The number of fused-ring (bicyclic) bond motifs is 1. The molecule has 0 saturated heterocycles. The summed E-state index contributed by atoms with van der Waals surface area (Å²) in [5, 5.41) is 5.14. The van der Waals surface area contributed by atoms with Crippen molar-refractivity contribution in [2.75, 3.05) is 0 Å². The van der Waals surface area contributed by atoms with Crippen LogP contribution in [0, 0.1) is 0 Å². The Morgan fingerprint density at radius 1 is 1.12 bits per heavy atom. The van der Waals surface area contributed by atoms with Gasteiger partial charge in [0.1, 0.15) is 6.61 Å². The maximum atomic E-state index is 12.5. The Morgan fingerprint density at radius 3 is 2.46 bits per heavy atom. The predicted molar refractivity (Wildman–Crippen MR) is 94.9 cm³/mol. The zero-order valence-corrected chi connectivity index (χ0v) is 14.6. The Kier molecular flexibility index (Phi) is 4.76. The summed E-state index contributed by atoms with van der Waals surface area (Å²) in [4.78, 5) is 24.8. The number of nitrogens with zero attached hydrogens (tertiary/aromatic N) is 2. The van der Waals surface area contributed by atoms with Crippen LogP contribution in [-0.2, 0) is 17.9 Å². The van der Waals surface area contributed by atoms with Gasteiger partial charge in [-0.2, -0.15) is 5.10 Å². The number of benzene rings is 2. The van der Waals surface area contributed by atoms with Crippen molar-refractivity contribution in [1.82, 2.24) is 9.78 Å². The lowest BCUT2D eigenvalue weighted by molar-refractivity contribution is 0.0465. The largest absolute Gasteiger partial charge is 0.456 e. The highest BCUT2D eigenvalue weighted by molar-refractivity contribution is 9.10. The first kappa shape index (κ1) is 16.4. The number of hydrogen-bond acceptors (Lipinski definition) is 4. The summed E-state index contributed by atoms with van der Waals surface area (Å²) < 4.78 is 7.60. The van der Waals surface area contributed by atoms with Crippen molar-refractivity contribution in [3.63, 3.8) is 0 Å². The molecule has 1 aromatic heterocycles. The van der Waals surface area contributed by atoms with Crippen molar-refractivity contribution in [3.8, 4) is 0 Å². The Hall–Kier alpha value is -2.47. The van der Waals surface area contributed by atoms with Crippen molar-refractivity contribution in [2.45, 2.75) is 20.1 Å². The summed E-state index contributed by atoms with van der Waals surface area (Å²) in [6.45, 7) is 2.34. The third-order valence-corrected chi connectivity index (χ3v) is 4.17. The number of rotatable bonds is 4. The first-order valence-electron chi connectivity index (χ1n) is 7.51. The summed E-state index contributed by atoms with van der Waals surface area (Å²) in [5.74, 6) is -0.545. The van der Waals surface area contributed by atoms with Crippen LogP contribution in [0.2, 0.25) is 0 Å². The Labute approximate surface area is 147 Å². The van der Waals surface area contributed by atoms with E-state index in [-0.39, 0.29) is 17.9 Å². The molecule has 0 atom stereocenters. The van der Waals surface area contributed by atoms with Crippen molar-refractivity contribution >= 4 is 32.7 Å². The van der Waals surface area contributed by atoms with Crippen LogP contribution in [0.4, 0.5) is 0 Å². The van der Waals surface area contributed by atoms with Crippen LogP contribution in [0.5, 0.6) is 0 Å². The van der Waals surface area contributed by atoms with Gasteiger partial charge in [0, 0.05) is 16.4 Å². The minimum absolute atomic E-state index is 0.146. The molecular weight excluding hydrogens is 372 g/mol. The van der Waals surface area contributed by atoms with E-state index in [0.717, 1.165) is 10.0 Å². The monoisotopic (exact) mass is 386 g/mol. The van der Waals surface area contributed by atoms with Crippen LogP contribution < -0.4 is 5.56 Å². The highest BCUT2D eigenvalue weighted by atomic mass is 79.9. The van der Waals surface area contributed by atoms with Crippen molar-refractivity contribution in [2.24, 2.45) is 0 Å². The maximum Gasteiger partial charge on any atom is 0.359 e. The molecule has 3 rings (SSSR count). The number of carbonyl (C=O) groups excluding carboxylic acids is 1. The van der Waals surface area contributed by atoms with Gasteiger partial charge in [-0.25, -0.2) is 9.48 Å². The van der Waals surface area contributed by atoms with E-state index in [2.05, 4.69) is 21.0 Å². The minimum atomic E-state index is -0.545. The fraction of sp³-hybridized carbons (Fsp3) is 0.167.